The Bertz CT molecular complexity index is 1440. The number of anilines is 1. The quantitative estimate of drug-likeness (QED) is 0.434. The number of amides is 1. The van der Waals surface area contributed by atoms with E-state index in [1.165, 1.54) is 23.7 Å². The molecule has 4 rings (SSSR count). The summed E-state index contributed by atoms with van der Waals surface area (Å²) in [5.41, 5.74) is -0.204. The SMILES string of the molecule is CC(=O)c1ccc(NC(=O)Cn2cnc3c(nnn3Cc3cccc(C(F)(F)F)c3)c2=O)cc1. The van der Waals surface area contributed by atoms with E-state index in [1.807, 2.05) is 0 Å². The maximum atomic E-state index is 13.0. The molecule has 12 heteroatoms. The van der Waals surface area contributed by atoms with Crippen LogP contribution in [0, 0.1) is 0 Å². The molecule has 0 saturated heterocycles. The first-order valence-electron chi connectivity index (χ1n) is 9.97. The molecule has 1 amide bonds. The van der Waals surface area contributed by atoms with Crippen molar-refractivity contribution in [3.8, 4) is 0 Å². The van der Waals surface area contributed by atoms with E-state index in [0.717, 1.165) is 23.0 Å². The van der Waals surface area contributed by atoms with Gasteiger partial charge in [-0.15, -0.1) is 5.10 Å². The Labute approximate surface area is 189 Å². The van der Waals surface area contributed by atoms with Gasteiger partial charge in [0.1, 0.15) is 12.9 Å². The molecule has 9 nitrogen and oxygen atoms in total. The van der Waals surface area contributed by atoms with Crippen LogP contribution in [-0.2, 0) is 24.1 Å². The zero-order valence-electron chi connectivity index (χ0n) is 17.7. The lowest BCUT2D eigenvalue weighted by Gasteiger charge is -2.09. The molecule has 0 saturated carbocycles. The summed E-state index contributed by atoms with van der Waals surface area (Å²) in [6.07, 6.45) is -3.34. The van der Waals surface area contributed by atoms with E-state index in [-0.39, 0.29) is 30.0 Å². The maximum absolute atomic E-state index is 13.0. The summed E-state index contributed by atoms with van der Waals surface area (Å²) in [5.74, 6) is -0.611. The van der Waals surface area contributed by atoms with Gasteiger partial charge in [-0.2, -0.15) is 13.2 Å². The molecule has 0 aliphatic carbocycles. The summed E-state index contributed by atoms with van der Waals surface area (Å²) in [4.78, 5) is 40.5. The van der Waals surface area contributed by atoms with Crippen molar-refractivity contribution in [3.63, 3.8) is 0 Å². The van der Waals surface area contributed by atoms with Gasteiger partial charge in [-0.1, -0.05) is 17.3 Å². The van der Waals surface area contributed by atoms with E-state index in [9.17, 15) is 27.6 Å². The molecular weight excluding hydrogens is 453 g/mol. The first kappa shape index (κ1) is 22.8. The van der Waals surface area contributed by atoms with Crippen molar-refractivity contribution in [3.05, 3.63) is 81.9 Å². The summed E-state index contributed by atoms with van der Waals surface area (Å²) >= 11 is 0. The smallest absolute Gasteiger partial charge is 0.325 e. The van der Waals surface area contributed by atoms with Crippen LogP contribution in [0.2, 0.25) is 0 Å². The van der Waals surface area contributed by atoms with E-state index < -0.39 is 23.2 Å². The summed E-state index contributed by atoms with van der Waals surface area (Å²) < 4.78 is 41.1. The van der Waals surface area contributed by atoms with E-state index in [2.05, 4.69) is 20.6 Å². The number of hydrogen-bond donors (Lipinski definition) is 1. The predicted octanol–water partition coefficient (Wildman–Crippen LogP) is 2.90. The van der Waals surface area contributed by atoms with Crippen molar-refractivity contribution in [2.45, 2.75) is 26.2 Å². The van der Waals surface area contributed by atoms with Crippen molar-refractivity contribution in [1.82, 2.24) is 24.5 Å². The topological polar surface area (TPSA) is 112 Å². The van der Waals surface area contributed by atoms with Gasteiger partial charge in [0.05, 0.1) is 12.1 Å². The van der Waals surface area contributed by atoms with Gasteiger partial charge in [0.2, 0.25) is 5.91 Å². The number of benzene rings is 2. The van der Waals surface area contributed by atoms with Crippen molar-refractivity contribution in [2.24, 2.45) is 0 Å². The molecule has 0 spiro atoms. The van der Waals surface area contributed by atoms with Gasteiger partial charge in [0.15, 0.2) is 16.9 Å². The lowest BCUT2D eigenvalue weighted by atomic mass is 10.1. The Morgan fingerprint density at radius 2 is 1.82 bits per heavy atom. The van der Waals surface area contributed by atoms with Crippen LogP contribution in [0.5, 0.6) is 0 Å². The molecule has 0 bridgehead atoms. The molecule has 1 N–H and O–H groups in total. The van der Waals surface area contributed by atoms with Crippen molar-refractivity contribution in [1.29, 1.82) is 0 Å². The van der Waals surface area contributed by atoms with Gasteiger partial charge in [-0.05, 0) is 48.9 Å². The lowest BCUT2D eigenvalue weighted by molar-refractivity contribution is -0.137. The average Bonchev–Trinajstić information content (AvgIpc) is 3.19. The Morgan fingerprint density at radius 1 is 1.09 bits per heavy atom. The summed E-state index contributed by atoms with van der Waals surface area (Å²) in [5, 5.41) is 10.2. The largest absolute Gasteiger partial charge is 0.416 e. The highest BCUT2D eigenvalue weighted by Crippen LogP contribution is 2.29. The first-order valence-corrected chi connectivity index (χ1v) is 9.97. The molecule has 4 aromatic rings. The molecular formula is C22H17F3N6O3. The molecule has 2 aromatic carbocycles. The third kappa shape index (κ3) is 4.85. The minimum Gasteiger partial charge on any atom is -0.325 e. The number of nitrogens with zero attached hydrogens (tertiary/aromatic N) is 5. The minimum absolute atomic E-state index is 0.0758. The second kappa shape index (κ2) is 8.89. The first-order chi connectivity index (χ1) is 16.1. The lowest BCUT2D eigenvalue weighted by Crippen LogP contribution is -2.28. The molecule has 34 heavy (non-hydrogen) atoms. The van der Waals surface area contributed by atoms with Crippen LogP contribution in [-0.4, -0.2) is 36.2 Å². The number of alkyl halides is 3. The van der Waals surface area contributed by atoms with Crippen molar-refractivity contribution < 1.29 is 22.8 Å². The van der Waals surface area contributed by atoms with E-state index in [4.69, 9.17) is 0 Å². The maximum Gasteiger partial charge on any atom is 0.416 e. The van der Waals surface area contributed by atoms with Gasteiger partial charge in [-0.3, -0.25) is 19.0 Å². The Hall–Kier alpha value is -4.35. The molecule has 0 atom stereocenters. The van der Waals surface area contributed by atoms with Gasteiger partial charge < -0.3 is 5.32 Å². The van der Waals surface area contributed by atoms with Gasteiger partial charge in [-0.25, -0.2) is 9.67 Å². The second-order valence-electron chi connectivity index (χ2n) is 7.48. The molecule has 0 unspecified atom stereocenters. The number of aromatic nitrogens is 5. The van der Waals surface area contributed by atoms with Crippen LogP contribution in [0.15, 0.2) is 59.7 Å². The standard InChI is InChI=1S/C22H17F3N6O3/c1-13(32)15-5-7-17(8-6-15)27-18(33)11-30-12-26-20-19(21(30)34)28-29-31(20)10-14-3-2-4-16(9-14)22(23,24)25/h2-9,12H,10-11H2,1H3,(H,27,33). The van der Waals surface area contributed by atoms with E-state index in [1.54, 1.807) is 24.3 Å². The number of ketones is 1. The van der Waals surface area contributed by atoms with Crippen LogP contribution < -0.4 is 10.9 Å². The number of nitrogens with one attached hydrogen (secondary N) is 1. The minimum atomic E-state index is -4.48. The van der Waals surface area contributed by atoms with Crippen LogP contribution in [0.3, 0.4) is 0 Å². The summed E-state index contributed by atoms with van der Waals surface area (Å²) in [6.45, 7) is 1.00. The fourth-order valence-corrected chi connectivity index (χ4v) is 3.27. The number of fused-ring (bicyclic) bond motifs is 1. The Balaban J connectivity index is 1.51. The highest BCUT2D eigenvalue weighted by Gasteiger charge is 2.30. The van der Waals surface area contributed by atoms with Gasteiger partial charge in [0, 0.05) is 11.3 Å². The second-order valence-corrected chi connectivity index (χ2v) is 7.48. The average molecular weight is 470 g/mol. The predicted molar refractivity (Wildman–Crippen MR) is 115 cm³/mol. The van der Waals surface area contributed by atoms with Crippen LogP contribution in [0.4, 0.5) is 18.9 Å². The van der Waals surface area contributed by atoms with E-state index in [0.29, 0.717) is 16.8 Å². The highest BCUT2D eigenvalue weighted by atomic mass is 19.4. The molecule has 0 fully saturated rings. The Kier molecular flexibility index (Phi) is 5.97. The normalized spacial score (nSPS) is 11.5. The highest BCUT2D eigenvalue weighted by molar-refractivity contribution is 5.95. The number of rotatable bonds is 6. The molecule has 0 aliphatic heterocycles. The zero-order chi connectivity index (χ0) is 24.5. The van der Waals surface area contributed by atoms with Crippen LogP contribution in [0.1, 0.15) is 28.4 Å². The number of Topliss-reactive ketones (excluding diaryl/α,β-unsaturated/α-hetero) is 1. The third-order valence-electron chi connectivity index (χ3n) is 4.97. The molecule has 174 valence electrons. The van der Waals surface area contributed by atoms with Crippen molar-refractivity contribution in [2.75, 3.05) is 5.32 Å². The van der Waals surface area contributed by atoms with Crippen LogP contribution >= 0.6 is 0 Å². The summed E-state index contributed by atoms with van der Waals surface area (Å²) in [6, 6.07) is 11.0. The van der Waals surface area contributed by atoms with Gasteiger partial charge >= 0.3 is 6.18 Å². The molecule has 0 aliphatic rings. The van der Waals surface area contributed by atoms with Crippen molar-refractivity contribution >= 4 is 28.5 Å². The fourth-order valence-electron chi connectivity index (χ4n) is 3.27. The fraction of sp³-hybridized carbons (Fsp3) is 0.182. The zero-order valence-corrected chi connectivity index (χ0v) is 17.7. The number of halogens is 3. The number of carbonyl (C=O) groups is 2. The van der Waals surface area contributed by atoms with Gasteiger partial charge in [0.25, 0.3) is 5.56 Å². The number of carbonyl (C=O) groups excluding carboxylic acids is 2. The Morgan fingerprint density at radius 3 is 2.50 bits per heavy atom. The van der Waals surface area contributed by atoms with Crippen LogP contribution in [0.25, 0.3) is 11.2 Å². The molecule has 2 aromatic heterocycles. The van der Waals surface area contributed by atoms with E-state index >= 15 is 0 Å². The number of hydrogen-bond acceptors (Lipinski definition) is 6. The third-order valence-corrected chi connectivity index (χ3v) is 4.97. The summed E-state index contributed by atoms with van der Waals surface area (Å²) in [7, 11) is 0. The molecule has 2 heterocycles. The molecule has 0 radical (unpaired) electrons. The monoisotopic (exact) mass is 470 g/mol.